The molecule has 0 atom stereocenters. The third-order valence-electron chi connectivity index (χ3n) is 11.8. The van der Waals surface area contributed by atoms with Crippen molar-refractivity contribution in [3.05, 3.63) is 194 Å². The van der Waals surface area contributed by atoms with Crippen LogP contribution in [-0.4, -0.2) is 0 Å². The van der Waals surface area contributed by atoms with E-state index in [0.29, 0.717) is 0 Å². The van der Waals surface area contributed by atoms with Crippen molar-refractivity contribution in [2.24, 2.45) is 0 Å². The Balaban J connectivity index is 1.09. The van der Waals surface area contributed by atoms with Crippen LogP contribution in [0.3, 0.4) is 0 Å². The van der Waals surface area contributed by atoms with E-state index in [1.165, 1.54) is 118 Å². The standard InChI is InChI=1S/C54H32S/c1-2-14-37-33(12-1)13-11-22-38(37)34-24-26-35(27-25-34)53-43-18-5-7-20-45(43)54(46-21-8-6-19-44(46)53)36-28-29-41-47(30-36)39-15-3-4-16-40(39)49-32-52-50(31-48(41)49)42-17-9-10-23-51(42)55-52/h1-32H. The minimum absolute atomic E-state index is 1.23. The van der Waals surface area contributed by atoms with Crippen molar-refractivity contribution in [1.82, 2.24) is 0 Å². The zero-order valence-electron chi connectivity index (χ0n) is 29.9. The average Bonchev–Trinajstić information content (AvgIpc) is 3.62. The quantitative estimate of drug-likeness (QED) is 0.126. The third-order valence-corrected chi connectivity index (χ3v) is 13.0. The molecule has 12 rings (SSSR count). The Morgan fingerprint density at radius 3 is 1.40 bits per heavy atom. The molecule has 0 amide bonds. The van der Waals surface area contributed by atoms with Gasteiger partial charge in [-0.25, -0.2) is 0 Å². The molecule has 0 aliphatic heterocycles. The lowest BCUT2D eigenvalue weighted by Gasteiger charge is -2.19. The molecule has 0 fully saturated rings. The van der Waals surface area contributed by atoms with E-state index in [0.717, 1.165) is 0 Å². The van der Waals surface area contributed by atoms with Crippen LogP contribution in [0.15, 0.2) is 194 Å². The highest BCUT2D eigenvalue weighted by Crippen LogP contribution is 2.47. The average molecular weight is 713 g/mol. The zero-order chi connectivity index (χ0) is 36.0. The molecule has 0 saturated carbocycles. The molecule has 12 aromatic rings. The van der Waals surface area contributed by atoms with E-state index >= 15 is 0 Å². The van der Waals surface area contributed by atoms with Crippen LogP contribution in [0.2, 0.25) is 0 Å². The molecule has 0 N–H and O–H groups in total. The van der Waals surface area contributed by atoms with E-state index in [9.17, 15) is 0 Å². The lowest BCUT2D eigenvalue weighted by Crippen LogP contribution is -1.91. The molecule has 55 heavy (non-hydrogen) atoms. The lowest BCUT2D eigenvalue weighted by atomic mass is 9.84. The second-order valence-electron chi connectivity index (χ2n) is 14.7. The number of thiophene rings is 1. The fourth-order valence-electron chi connectivity index (χ4n) is 9.37. The predicted molar refractivity (Wildman–Crippen MR) is 241 cm³/mol. The first-order valence-electron chi connectivity index (χ1n) is 19.0. The summed E-state index contributed by atoms with van der Waals surface area (Å²) < 4.78 is 2.68. The maximum Gasteiger partial charge on any atom is 0.0362 e. The Morgan fingerprint density at radius 1 is 0.236 bits per heavy atom. The summed E-state index contributed by atoms with van der Waals surface area (Å²) in [4.78, 5) is 0. The van der Waals surface area contributed by atoms with Crippen LogP contribution < -0.4 is 0 Å². The summed E-state index contributed by atoms with van der Waals surface area (Å²) in [6.07, 6.45) is 0. The normalized spacial score (nSPS) is 12.0. The fourth-order valence-corrected chi connectivity index (χ4v) is 10.5. The Labute approximate surface area is 322 Å². The molecule has 0 spiro atoms. The molecule has 0 radical (unpaired) electrons. The van der Waals surface area contributed by atoms with Gasteiger partial charge in [0.15, 0.2) is 0 Å². The van der Waals surface area contributed by atoms with Crippen LogP contribution in [0.5, 0.6) is 0 Å². The number of fused-ring (bicyclic) bond motifs is 12. The van der Waals surface area contributed by atoms with Crippen LogP contribution in [0.1, 0.15) is 0 Å². The second-order valence-corrected chi connectivity index (χ2v) is 15.8. The van der Waals surface area contributed by atoms with Crippen molar-refractivity contribution in [2.75, 3.05) is 0 Å². The summed E-state index contributed by atoms with van der Waals surface area (Å²) in [5, 5.41) is 18.1. The van der Waals surface area contributed by atoms with Gasteiger partial charge in [-0.15, -0.1) is 11.3 Å². The molecule has 0 unspecified atom stereocenters. The summed E-state index contributed by atoms with van der Waals surface area (Å²) in [7, 11) is 0. The van der Waals surface area contributed by atoms with Crippen molar-refractivity contribution < 1.29 is 0 Å². The van der Waals surface area contributed by atoms with Crippen LogP contribution in [-0.2, 0) is 0 Å². The Hall–Kier alpha value is -6.80. The van der Waals surface area contributed by atoms with Crippen molar-refractivity contribution in [2.45, 2.75) is 0 Å². The first kappa shape index (κ1) is 30.6. The van der Waals surface area contributed by atoms with E-state index in [-0.39, 0.29) is 0 Å². The fraction of sp³-hybridized carbons (Fsp3) is 0. The molecule has 0 bridgehead atoms. The summed E-state index contributed by atoms with van der Waals surface area (Å²) in [5.41, 5.74) is 7.53. The molecule has 0 nitrogen and oxygen atoms in total. The molecule has 0 aliphatic carbocycles. The Bertz CT molecular complexity index is 3470. The van der Waals surface area contributed by atoms with E-state index < -0.39 is 0 Å². The van der Waals surface area contributed by atoms with Crippen molar-refractivity contribution in [3.8, 4) is 33.4 Å². The van der Waals surface area contributed by atoms with E-state index in [4.69, 9.17) is 0 Å². The monoisotopic (exact) mass is 712 g/mol. The summed E-state index contributed by atoms with van der Waals surface area (Å²) >= 11 is 1.89. The molecule has 1 heteroatoms. The highest BCUT2D eigenvalue weighted by atomic mass is 32.1. The van der Waals surface area contributed by atoms with Crippen molar-refractivity contribution in [3.63, 3.8) is 0 Å². The van der Waals surface area contributed by atoms with Crippen molar-refractivity contribution >= 4 is 96.1 Å². The predicted octanol–water partition coefficient (Wildman–Crippen LogP) is 16.0. The molecule has 11 aromatic carbocycles. The molecule has 0 aliphatic rings. The topological polar surface area (TPSA) is 0 Å². The highest BCUT2D eigenvalue weighted by Gasteiger charge is 2.19. The van der Waals surface area contributed by atoms with Gasteiger partial charge in [0.2, 0.25) is 0 Å². The minimum Gasteiger partial charge on any atom is -0.135 e. The second kappa shape index (κ2) is 11.9. The van der Waals surface area contributed by atoms with Crippen LogP contribution in [0, 0.1) is 0 Å². The maximum atomic E-state index is 2.46. The molecule has 0 saturated heterocycles. The first-order valence-corrected chi connectivity index (χ1v) is 19.8. The van der Waals surface area contributed by atoms with Gasteiger partial charge in [0.05, 0.1) is 0 Å². The summed E-state index contributed by atoms with van der Waals surface area (Å²) in [6, 6.07) is 72.3. The van der Waals surface area contributed by atoms with Gasteiger partial charge in [-0.1, -0.05) is 170 Å². The Morgan fingerprint density at radius 2 is 0.709 bits per heavy atom. The molecular weight excluding hydrogens is 681 g/mol. The van der Waals surface area contributed by atoms with Gasteiger partial charge >= 0.3 is 0 Å². The molecule has 254 valence electrons. The van der Waals surface area contributed by atoms with E-state index in [2.05, 4.69) is 194 Å². The third kappa shape index (κ3) is 4.57. The van der Waals surface area contributed by atoms with Crippen LogP contribution in [0.25, 0.3) is 118 Å². The first-order chi connectivity index (χ1) is 27.3. The van der Waals surface area contributed by atoms with Gasteiger partial charge < -0.3 is 0 Å². The largest absolute Gasteiger partial charge is 0.135 e. The van der Waals surface area contributed by atoms with Gasteiger partial charge in [-0.2, -0.15) is 0 Å². The van der Waals surface area contributed by atoms with Gasteiger partial charge in [-0.05, 0) is 122 Å². The van der Waals surface area contributed by atoms with E-state index in [1.54, 1.807) is 0 Å². The smallest absolute Gasteiger partial charge is 0.0362 e. The van der Waals surface area contributed by atoms with Gasteiger partial charge in [0.25, 0.3) is 0 Å². The number of hydrogen-bond donors (Lipinski definition) is 0. The number of rotatable bonds is 3. The zero-order valence-corrected chi connectivity index (χ0v) is 30.7. The van der Waals surface area contributed by atoms with Crippen LogP contribution in [0.4, 0.5) is 0 Å². The SMILES string of the molecule is c1ccc2c(-c3ccc(-c4c5ccccc5c(-c5ccc6c(c5)c5ccccc5c5cc7sc8ccccc8c7cc65)c5ccccc45)cc3)cccc2c1. The van der Waals surface area contributed by atoms with Gasteiger partial charge in [0, 0.05) is 20.2 Å². The molecule has 1 heterocycles. The molecule has 1 aromatic heterocycles. The number of hydrogen-bond acceptors (Lipinski definition) is 1. The maximum absolute atomic E-state index is 2.46. The highest BCUT2D eigenvalue weighted by molar-refractivity contribution is 7.25. The summed E-state index contributed by atoms with van der Waals surface area (Å²) in [5.74, 6) is 0. The number of benzene rings is 11. The van der Waals surface area contributed by atoms with Gasteiger partial charge in [0.1, 0.15) is 0 Å². The molecular formula is C54H32S. The Kier molecular flexibility index (Phi) is 6.60. The summed E-state index contributed by atoms with van der Waals surface area (Å²) in [6.45, 7) is 0. The van der Waals surface area contributed by atoms with E-state index in [1.807, 2.05) is 11.3 Å². The van der Waals surface area contributed by atoms with Gasteiger partial charge in [-0.3, -0.25) is 0 Å². The van der Waals surface area contributed by atoms with Crippen molar-refractivity contribution in [1.29, 1.82) is 0 Å². The van der Waals surface area contributed by atoms with Crippen LogP contribution >= 0.6 is 11.3 Å². The lowest BCUT2D eigenvalue weighted by molar-refractivity contribution is 1.63. The minimum atomic E-state index is 1.23.